The van der Waals surface area contributed by atoms with Crippen molar-refractivity contribution in [1.29, 1.82) is 0 Å². The summed E-state index contributed by atoms with van der Waals surface area (Å²) in [5.74, 6) is -1.53. The molecule has 7 nitrogen and oxygen atoms in total. The molecule has 1 aromatic rings. The average Bonchev–Trinajstić information content (AvgIpc) is 2.55. The van der Waals surface area contributed by atoms with E-state index in [4.69, 9.17) is 5.73 Å². The van der Waals surface area contributed by atoms with Crippen LogP contribution in [0.25, 0.3) is 0 Å². The van der Waals surface area contributed by atoms with Gasteiger partial charge in [0.1, 0.15) is 11.8 Å². The maximum Gasteiger partial charge on any atom is 0.412 e. The lowest BCUT2D eigenvalue weighted by Crippen LogP contribution is -2.48. The zero-order valence-electron chi connectivity index (χ0n) is 15.9. The highest BCUT2D eigenvalue weighted by Gasteiger charge is 2.29. The molecule has 0 aromatic heterocycles. The maximum atomic E-state index is 12.7. The predicted octanol–water partition coefficient (Wildman–Crippen LogP) is 2.47. The van der Waals surface area contributed by atoms with Crippen LogP contribution in [0.2, 0.25) is 0 Å². The van der Waals surface area contributed by atoms with E-state index < -0.39 is 18.1 Å². The Hall–Kier alpha value is -2.22. The Morgan fingerprint density at radius 2 is 2.00 bits per heavy atom. The third-order valence-corrected chi connectivity index (χ3v) is 4.70. The Bertz CT molecular complexity index is 678. The molecule has 4 N–H and O–H groups in total. The third-order valence-electron chi connectivity index (χ3n) is 4.34. The highest BCUT2D eigenvalue weighted by molar-refractivity contribution is 7.81. The molecular formula is C19H28N2O5S. The number of nitrogens with two attached hydrogens (primary N) is 1. The zero-order valence-corrected chi connectivity index (χ0v) is 16.8. The van der Waals surface area contributed by atoms with Crippen LogP contribution in [0.1, 0.15) is 44.2 Å². The maximum absolute atomic E-state index is 12.7. The van der Waals surface area contributed by atoms with E-state index in [2.05, 4.69) is 22.7 Å². The number of phenols is 1. The SMILES string of the molecule is CCCCC(C(=O)N[C@@H](Cc1ccc(O)cc1C)C(=O)OC(N)=O)C(C)S. The van der Waals surface area contributed by atoms with Gasteiger partial charge in [-0.15, -0.1) is 0 Å². The number of hydrogen-bond donors (Lipinski definition) is 4. The molecule has 2 unspecified atom stereocenters. The fourth-order valence-corrected chi connectivity index (χ4v) is 3.07. The van der Waals surface area contributed by atoms with E-state index >= 15 is 0 Å². The molecule has 0 saturated heterocycles. The number of amides is 2. The van der Waals surface area contributed by atoms with Gasteiger partial charge in [0.15, 0.2) is 0 Å². The number of aryl methyl sites for hydroxylation is 1. The van der Waals surface area contributed by atoms with Gasteiger partial charge in [-0.3, -0.25) is 4.79 Å². The fraction of sp³-hybridized carbons (Fsp3) is 0.526. The van der Waals surface area contributed by atoms with Gasteiger partial charge in [-0.05, 0) is 36.6 Å². The van der Waals surface area contributed by atoms with Crippen LogP contribution >= 0.6 is 12.6 Å². The summed E-state index contributed by atoms with van der Waals surface area (Å²) >= 11 is 4.38. The van der Waals surface area contributed by atoms with Gasteiger partial charge >= 0.3 is 12.1 Å². The minimum Gasteiger partial charge on any atom is -0.508 e. The topological polar surface area (TPSA) is 119 Å². The summed E-state index contributed by atoms with van der Waals surface area (Å²) in [5.41, 5.74) is 6.41. The number of phenolic OH excluding ortho intramolecular Hbond substituents is 1. The zero-order chi connectivity index (χ0) is 20.6. The summed E-state index contributed by atoms with van der Waals surface area (Å²) < 4.78 is 4.49. The highest BCUT2D eigenvalue weighted by Crippen LogP contribution is 2.20. The number of primary amides is 1. The van der Waals surface area contributed by atoms with Crippen LogP contribution in [0.3, 0.4) is 0 Å². The first-order chi connectivity index (χ1) is 12.6. The Balaban J connectivity index is 3.01. The largest absolute Gasteiger partial charge is 0.508 e. The van der Waals surface area contributed by atoms with Crippen LogP contribution in [-0.2, 0) is 20.7 Å². The Labute approximate surface area is 165 Å². The monoisotopic (exact) mass is 396 g/mol. The first-order valence-corrected chi connectivity index (χ1v) is 9.45. The Morgan fingerprint density at radius 3 is 2.52 bits per heavy atom. The molecule has 0 aliphatic rings. The van der Waals surface area contributed by atoms with Gasteiger partial charge in [-0.2, -0.15) is 12.6 Å². The van der Waals surface area contributed by atoms with Gasteiger partial charge in [0.25, 0.3) is 0 Å². The normalized spacial score (nSPS) is 14.1. The van der Waals surface area contributed by atoms with Crippen molar-refractivity contribution in [2.24, 2.45) is 11.7 Å². The highest BCUT2D eigenvalue weighted by atomic mass is 32.1. The predicted molar refractivity (Wildman–Crippen MR) is 106 cm³/mol. The van der Waals surface area contributed by atoms with E-state index in [1.165, 1.54) is 6.07 Å². The molecule has 0 aliphatic carbocycles. The molecule has 27 heavy (non-hydrogen) atoms. The number of rotatable bonds is 9. The first-order valence-electron chi connectivity index (χ1n) is 8.93. The smallest absolute Gasteiger partial charge is 0.412 e. The second kappa shape index (κ2) is 10.8. The molecule has 0 spiro atoms. The second-order valence-electron chi connectivity index (χ2n) is 6.61. The van der Waals surface area contributed by atoms with Crippen LogP contribution in [-0.4, -0.2) is 34.4 Å². The number of thiol groups is 1. The molecular weight excluding hydrogens is 368 g/mol. The fourth-order valence-electron chi connectivity index (χ4n) is 2.79. The Kier molecular flexibility index (Phi) is 9.14. The molecule has 3 atom stereocenters. The minimum atomic E-state index is -1.23. The van der Waals surface area contributed by atoms with Gasteiger partial charge in [0.05, 0.1) is 0 Å². The number of benzene rings is 1. The molecule has 2 amide bonds. The van der Waals surface area contributed by atoms with E-state index in [1.807, 2.05) is 13.8 Å². The lowest BCUT2D eigenvalue weighted by atomic mass is 9.96. The van der Waals surface area contributed by atoms with Crippen LogP contribution in [0.4, 0.5) is 4.79 Å². The van der Waals surface area contributed by atoms with Crippen molar-refractivity contribution in [2.45, 2.75) is 57.7 Å². The van der Waals surface area contributed by atoms with E-state index in [0.717, 1.165) is 24.0 Å². The lowest BCUT2D eigenvalue weighted by Gasteiger charge is -2.23. The molecule has 0 fully saturated rings. The number of hydrogen-bond acceptors (Lipinski definition) is 6. The summed E-state index contributed by atoms with van der Waals surface area (Å²) in [6.45, 7) is 5.62. The van der Waals surface area contributed by atoms with Crippen LogP contribution < -0.4 is 11.1 Å². The van der Waals surface area contributed by atoms with Gasteiger partial charge < -0.3 is 20.9 Å². The summed E-state index contributed by atoms with van der Waals surface area (Å²) in [6.07, 6.45) is 1.31. The van der Waals surface area contributed by atoms with E-state index in [-0.39, 0.29) is 29.2 Å². The molecule has 150 valence electrons. The van der Waals surface area contributed by atoms with E-state index in [1.54, 1.807) is 19.1 Å². The summed E-state index contributed by atoms with van der Waals surface area (Å²) in [7, 11) is 0. The van der Waals surface area contributed by atoms with Gasteiger partial charge in [0, 0.05) is 17.6 Å². The number of carbonyl (C=O) groups excluding carboxylic acids is 3. The van der Waals surface area contributed by atoms with Crippen molar-refractivity contribution < 1.29 is 24.2 Å². The number of carbonyl (C=O) groups is 3. The average molecular weight is 397 g/mol. The lowest BCUT2D eigenvalue weighted by molar-refractivity contribution is -0.142. The molecule has 0 bridgehead atoms. The first kappa shape index (κ1) is 22.8. The molecule has 0 aliphatic heterocycles. The van der Waals surface area contributed by atoms with Crippen molar-refractivity contribution in [3.8, 4) is 5.75 Å². The van der Waals surface area contributed by atoms with Crippen molar-refractivity contribution in [2.75, 3.05) is 0 Å². The quantitative estimate of drug-likeness (QED) is 0.290. The molecule has 1 aromatic carbocycles. The number of esters is 1. The number of aromatic hydroxyl groups is 1. The molecule has 0 heterocycles. The van der Waals surface area contributed by atoms with E-state index in [9.17, 15) is 19.5 Å². The second-order valence-corrected chi connectivity index (χ2v) is 7.42. The molecule has 1 rings (SSSR count). The van der Waals surface area contributed by atoms with Crippen molar-refractivity contribution in [3.63, 3.8) is 0 Å². The van der Waals surface area contributed by atoms with Gasteiger partial charge in [-0.25, -0.2) is 9.59 Å². The molecule has 8 heteroatoms. The summed E-state index contributed by atoms with van der Waals surface area (Å²) in [6, 6.07) is 3.61. The van der Waals surface area contributed by atoms with Crippen molar-refractivity contribution in [3.05, 3.63) is 29.3 Å². The van der Waals surface area contributed by atoms with Crippen LogP contribution in [0.5, 0.6) is 5.75 Å². The molecule has 0 saturated carbocycles. The minimum absolute atomic E-state index is 0.0973. The summed E-state index contributed by atoms with van der Waals surface area (Å²) in [5, 5.41) is 12.0. The standard InChI is InChI=1S/C19H28N2O5S/c1-4-5-6-15(12(3)27)17(23)21-16(18(24)26-19(20)25)10-13-7-8-14(22)9-11(13)2/h7-9,12,15-16,22,27H,4-6,10H2,1-3H3,(H2,20,25)(H,21,23)/t12?,15?,16-/m0/s1. The number of nitrogens with one attached hydrogen (secondary N) is 1. The van der Waals surface area contributed by atoms with Crippen molar-refractivity contribution in [1.82, 2.24) is 5.32 Å². The van der Waals surface area contributed by atoms with Gasteiger partial charge in [0.2, 0.25) is 5.91 Å². The number of unbranched alkanes of at least 4 members (excludes halogenated alkanes) is 1. The third kappa shape index (κ3) is 7.50. The van der Waals surface area contributed by atoms with E-state index in [0.29, 0.717) is 6.42 Å². The van der Waals surface area contributed by atoms with Crippen LogP contribution in [0, 0.1) is 12.8 Å². The number of ether oxygens (including phenoxy) is 1. The van der Waals surface area contributed by atoms with Gasteiger partial charge in [-0.1, -0.05) is 32.8 Å². The van der Waals surface area contributed by atoms with Crippen LogP contribution in [0.15, 0.2) is 18.2 Å². The summed E-state index contributed by atoms with van der Waals surface area (Å²) in [4.78, 5) is 35.9. The Morgan fingerprint density at radius 1 is 1.33 bits per heavy atom. The molecule has 0 radical (unpaired) electrons. The van der Waals surface area contributed by atoms with Crippen molar-refractivity contribution >= 4 is 30.6 Å².